The number of nitrogens with zero attached hydrogens (tertiary/aromatic N) is 1. The van der Waals surface area contributed by atoms with E-state index < -0.39 is 0 Å². The minimum absolute atomic E-state index is 0.144. The van der Waals surface area contributed by atoms with E-state index >= 15 is 0 Å². The number of hydrogen-bond acceptors (Lipinski definition) is 3. The lowest BCUT2D eigenvalue weighted by atomic mass is 9.50. The van der Waals surface area contributed by atoms with Gasteiger partial charge in [0.2, 0.25) is 0 Å². The van der Waals surface area contributed by atoms with Crippen molar-refractivity contribution in [3.8, 4) is 0 Å². The molecule has 0 aliphatic heterocycles. The highest BCUT2D eigenvalue weighted by Crippen LogP contribution is 2.56. The quantitative estimate of drug-likeness (QED) is 0.737. The molecule has 6 atom stereocenters. The number of fused-ring (bicyclic) bond motifs is 3. The minimum Gasteiger partial charge on any atom is -0.792 e. The Morgan fingerprint density at radius 1 is 1.21 bits per heavy atom. The van der Waals surface area contributed by atoms with Crippen molar-refractivity contribution in [1.82, 2.24) is 0 Å². The third-order valence-electron chi connectivity index (χ3n) is 6.35. The third-order valence-corrected chi connectivity index (χ3v) is 6.35. The number of nitrogens with two attached hydrogens (primary N) is 1. The Bertz CT molecular complexity index is 385. The molecule has 19 heavy (non-hydrogen) atoms. The average molecular weight is 263 g/mol. The molecule has 3 aliphatic rings. The van der Waals surface area contributed by atoms with Crippen LogP contribution in [0.3, 0.4) is 0 Å². The van der Waals surface area contributed by atoms with Crippen LogP contribution >= 0.6 is 0 Å². The Morgan fingerprint density at radius 2 is 1.95 bits per heavy atom. The minimum atomic E-state index is -0.144. The highest BCUT2D eigenvalue weighted by Gasteiger charge is 2.51. The summed E-state index contributed by atoms with van der Waals surface area (Å²) in [4.78, 5) is 0. The van der Waals surface area contributed by atoms with Gasteiger partial charge in [-0.05, 0) is 81.5 Å². The van der Waals surface area contributed by atoms with Crippen molar-refractivity contribution in [2.45, 2.75) is 58.4 Å². The zero-order valence-corrected chi connectivity index (χ0v) is 12.4. The summed E-state index contributed by atoms with van der Waals surface area (Å²) in [6, 6.07) is 0. The van der Waals surface area contributed by atoms with Crippen molar-refractivity contribution in [2.24, 2.45) is 46.4 Å². The summed E-state index contributed by atoms with van der Waals surface area (Å²) in [7, 11) is 0. The molecule has 3 heteroatoms. The highest BCUT2D eigenvalue weighted by atomic mass is 16.4. The molecule has 0 heterocycles. The molecule has 0 amide bonds. The monoisotopic (exact) mass is 263 g/mol. The van der Waals surface area contributed by atoms with E-state index in [4.69, 9.17) is 5.73 Å². The van der Waals surface area contributed by atoms with Crippen LogP contribution in [-0.4, -0.2) is 11.3 Å². The van der Waals surface area contributed by atoms with Gasteiger partial charge in [0, 0.05) is 11.3 Å². The largest absolute Gasteiger partial charge is 0.792 e. The lowest BCUT2D eigenvalue weighted by molar-refractivity contribution is -0.00267. The first kappa shape index (κ1) is 13.4. The van der Waals surface area contributed by atoms with Crippen molar-refractivity contribution in [3.63, 3.8) is 0 Å². The first-order chi connectivity index (χ1) is 8.91. The fraction of sp³-hybridized carbons (Fsp3) is 0.938. The molecule has 3 nitrogen and oxygen atoms in total. The molecule has 2 N–H and O–H groups in total. The van der Waals surface area contributed by atoms with E-state index in [2.05, 4.69) is 25.9 Å². The Kier molecular flexibility index (Phi) is 3.16. The molecule has 3 saturated carbocycles. The van der Waals surface area contributed by atoms with Crippen LogP contribution in [-0.2, 0) is 0 Å². The second-order valence-electron chi connectivity index (χ2n) is 7.93. The van der Waals surface area contributed by atoms with Crippen LogP contribution in [0, 0.1) is 40.7 Å². The summed E-state index contributed by atoms with van der Waals surface area (Å²) in [5.74, 6) is 3.98. The van der Waals surface area contributed by atoms with Gasteiger partial charge in [0.05, 0.1) is 0 Å². The molecular formula is C16H27N2O-. The molecule has 0 aromatic carbocycles. The van der Waals surface area contributed by atoms with Gasteiger partial charge < -0.3 is 16.1 Å². The fourth-order valence-electron chi connectivity index (χ4n) is 5.27. The van der Waals surface area contributed by atoms with E-state index in [0.29, 0.717) is 23.7 Å². The second kappa shape index (κ2) is 4.47. The van der Waals surface area contributed by atoms with Crippen LogP contribution < -0.4 is 5.73 Å². The lowest BCUT2D eigenvalue weighted by Gasteiger charge is -2.56. The van der Waals surface area contributed by atoms with Crippen LogP contribution in [0.25, 0.3) is 0 Å². The summed E-state index contributed by atoms with van der Waals surface area (Å²) in [6.07, 6.45) is 5.99. The van der Waals surface area contributed by atoms with Crippen LogP contribution in [0.5, 0.6) is 0 Å². The van der Waals surface area contributed by atoms with Gasteiger partial charge in [-0.3, -0.25) is 0 Å². The van der Waals surface area contributed by atoms with Gasteiger partial charge in [0.15, 0.2) is 0 Å². The third kappa shape index (κ3) is 2.10. The molecule has 3 fully saturated rings. The summed E-state index contributed by atoms with van der Waals surface area (Å²) < 4.78 is 0. The molecule has 3 aliphatic carbocycles. The summed E-state index contributed by atoms with van der Waals surface area (Å²) >= 11 is 0. The standard InChI is InChI=1S/C16H28N2O/c1-9-6-12-11-5-4-10(11)7-15(18-19)13(12)8-14(9)16(2,3)17/h9-14,19H,4-8,17H2,1-3H3/p-1/b18-15-. The van der Waals surface area contributed by atoms with E-state index in [9.17, 15) is 5.21 Å². The zero-order valence-electron chi connectivity index (χ0n) is 12.4. The van der Waals surface area contributed by atoms with E-state index in [-0.39, 0.29) is 5.54 Å². The van der Waals surface area contributed by atoms with Crippen molar-refractivity contribution in [2.75, 3.05) is 0 Å². The maximum absolute atomic E-state index is 11.2. The molecule has 3 rings (SSSR count). The summed E-state index contributed by atoms with van der Waals surface area (Å²) in [5, 5.41) is 14.6. The molecule has 6 unspecified atom stereocenters. The topological polar surface area (TPSA) is 61.4 Å². The Morgan fingerprint density at radius 3 is 2.47 bits per heavy atom. The zero-order chi connectivity index (χ0) is 13.8. The van der Waals surface area contributed by atoms with E-state index in [1.807, 2.05) is 0 Å². The number of rotatable bonds is 1. The first-order valence-electron chi connectivity index (χ1n) is 7.89. The molecule has 0 aromatic heterocycles. The summed E-state index contributed by atoms with van der Waals surface area (Å²) in [5.41, 5.74) is 7.19. The number of hydrogen-bond donors (Lipinski definition) is 1. The first-order valence-corrected chi connectivity index (χ1v) is 7.89. The van der Waals surface area contributed by atoms with Crippen LogP contribution in [0.1, 0.15) is 52.9 Å². The van der Waals surface area contributed by atoms with E-state index in [0.717, 1.165) is 30.4 Å². The van der Waals surface area contributed by atoms with Gasteiger partial charge in [0.1, 0.15) is 0 Å². The maximum Gasteiger partial charge on any atom is 0.0128 e. The Labute approximate surface area is 116 Å². The smallest absolute Gasteiger partial charge is 0.0128 e. The lowest BCUT2D eigenvalue weighted by Crippen LogP contribution is -2.54. The van der Waals surface area contributed by atoms with Crippen molar-refractivity contribution in [3.05, 3.63) is 5.21 Å². The van der Waals surface area contributed by atoms with E-state index in [1.165, 1.54) is 19.3 Å². The van der Waals surface area contributed by atoms with Crippen LogP contribution in [0.2, 0.25) is 0 Å². The highest BCUT2D eigenvalue weighted by molar-refractivity contribution is 5.88. The van der Waals surface area contributed by atoms with Gasteiger partial charge in [-0.1, -0.05) is 6.92 Å². The maximum atomic E-state index is 11.2. The Hall–Kier alpha value is -0.570. The SMILES string of the molecule is CC1CC2C(CC1C(C)(C)N)/C(=N\[O-])CC1CCC12. The average Bonchev–Trinajstić information content (AvgIpc) is 2.27. The van der Waals surface area contributed by atoms with Gasteiger partial charge >= 0.3 is 0 Å². The molecular weight excluding hydrogens is 236 g/mol. The fourth-order valence-corrected chi connectivity index (χ4v) is 5.27. The predicted octanol–water partition coefficient (Wildman–Crippen LogP) is 3.37. The molecule has 0 spiro atoms. The Balaban J connectivity index is 1.85. The van der Waals surface area contributed by atoms with Crippen molar-refractivity contribution >= 4 is 5.71 Å². The molecule has 108 valence electrons. The normalized spacial score (nSPS) is 48.3. The second-order valence-corrected chi connectivity index (χ2v) is 7.93. The van der Waals surface area contributed by atoms with Crippen molar-refractivity contribution in [1.29, 1.82) is 0 Å². The predicted molar refractivity (Wildman–Crippen MR) is 78.8 cm³/mol. The summed E-state index contributed by atoms with van der Waals surface area (Å²) in [6.45, 7) is 6.63. The van der Waals surface area contributed by atoms with Gasteiger partial charge in [-0.15, -0.1) is 0 Å². The van der Waals surface area contributed by atoms with Gasteiger partial charge in [-0.25, -0.2) is 0 Å². The molecule has 0 radical (unpaired) electrons. The molecule has 0 saturated heterocycles. The van der Waals surface area contributed by atoms with Crippen LogP contribution in [0.15, 0.2) is 5.16 Å². The van der Waals surface area contributed by atoms with Crippen LogP contribution in [0.4, 0.5) is 0 Å². The van der Waals surface area contributed by atoms with Crippen molar-refractivity contribution < 1.29 is 0 Å². The van der Waals surface area contributed by atoms with E-state index in [1.54, 1.807) is 0 Å². The molecule has 0 bridgehead atoms. The molecule has 0 aromatic rings. The van der Waals surface area contributed by atoms with Gasteiger partial charge in [0.25, 0.3) is 0 Å². The van der Waals surface area contributed by atoms with Gasteiger partial charge in [-0.2, -0.15) is 0 Å².